The number of aliphatic hydroxyl groups excluding tert-OH is 1. The molecule has 2 spiro atoms. The van der Waals surface area contributed by atoms with Gasteiger partial charge < -0.3 is 19.5 Å². The molecule has 1 aliphatic heterocycles. The third-order valence-corrected chi connectivity index (χ3v) is 7.19. The van der Waals surface area contributed by atoms with Gasteiger partial charge in [0.2, 0.25) is 6.41 Å². The van der Waals surface area contributed by atoms with Crippen LogP contribution < -0.4 is 0 Å². The van der Waals surface area contributed by atoms with Crippen molar-refractivity contribution in [2.45, 2.75) is 103 Å². The van der Waals surface area contributed by atoms with E-state index in [1.165, 1.54) is 0 Å². The fourth-order valence-corrected chi connectivity index (χ4v) is 5.23. The van der Waals surface area contributed by atoms with Gasteiger partial charge in [0.25, 0.3) is 0 Å². The largest absolute Gasteiger partial charge is 0.445 e. The monoisotopic (exact) mass is 430 g/mol. The van der Waals surface area contributed by atoms with Crippen molar-refractivity contribution in [1.29, 1.82) is 0 Å². The van der Waals surface area contributed by atoms with Crippen molar-refractivity contribution in [1.82, 2.24) is 9.80 Å². The number of nitrogens with zero attached hydrogens (tertiary/aromatic N) is 2. The highest BCUT2D eigenvalue weighted by Crippen LogP contribution is 2.62. The number of ether oxygens (including phenoxy) is 2. The summed E-state index contributed by atoms with van der Waals surface area (Å²) in [6, 6.07) is 10.0. The van der Waals surface area contributed by atoms with Crippen LogP contribution in [0, 0.1) is 5.41 Å². The molecule has 2 unspecified atom stereocenters. The maximum Gasteiger partial charge on any atom is 0.410 e. The Kier molecular flexibility index (Phi) is 5.86. The van der Waals surface area contributed by atoms with Crippen LogP contribution in [0.2, 0.25) is 0 Å². The van der Waals surface area contributed by atoms with Crippen LogP contribution in [0.25, 0.3) is 0 Å². The van der Waals surface area contributed by atoms with E-state index in [1.54, 1.807) is 0 Å². The molecule has 0 bridgehead atoms. The van der Waals surface area contributed by atoms with Gasteiger partial charge in [-0.1, -0.05) is 30.3 Å². The first-order valence-corrected chi connectivity index (χ1v) is 11.7. The van der Waals surface area contributed by atoms with Crippen LogP contribution in [-0.4, -0.2) is 57.2 Å². The molecule has 2 aliphatic carbocycles. The highest BCUT2D eigenvalue weighted by atomic mass is 16.6. The van der Waals surface area contributed by atoms with Crippen LogP contribution in [0.3, 0.4) is 0 Å². The lowest BCUT2D eigenvalue weighted by Crippen LogP contribution is -2.55. The first-order valence-electron chi connectivity index (χ1n) is 11.7. The lowest BCUT2D eigenvalue weighted by molar-refractivity contribution is -0.261. The molecule has 172 valence electrons. The summed E-state index contributed by atoms with van der Waals surface area (Å²) in [4.78, 5) is 17.1. The first kappa shape index (κ1) is 22.6. The van der Waals surface area contributed by atoms with Crippen molar-refractivity contribution in [3.8, 4) is 0 Å². The van der Waals surface area contributed by atoms with Gasteiger partial charge in [-0.05, 0) is 72.3 Å². The molecule has 1 amide bonds. The lowest BCUT2D eigenvalue weighted by Gasteiger charge is -2.45. The smallest absolute Gasteiger partial charge is 0.410 e. The van der Waals surface area contributed by atoms with Gasteiger partial charge in [-0.15, -0.1) is 0 Å². The number of piperidine rings is 1. The van der Waals surface area contributed by atoms with E-state index in [9.17, 15) is 9.90 Å². The van der Waals surface area contributed by atoms with E-state index in [-0.39, 0.29) is 35.7 Å². The van der Waals surface area contributed by atoms with E-state index in [0.717, 1.165) is 44.2 Å². The maximum absolute atomic E-state index is 13.0. The van der Waals surface area contributed by atoms with Gasteiger partial charge in [-0.25, -0.2) is 9.69 Å². The summed E-state index contributed by atoms with van der Waals surface area (Å²) >= 11 is 0. The van der Waals surface area contributed by atoms with Crippen molar-refractivity contribution >= 4 is 6.09 Å². The van der Waals surface area contributed by atoms with E-state index < -0.39 is 12.0 Å². The summed E-state index contributed by atoms with van der Waals surface area (Å²) in [5.41, 5.74) is 0.687. The molecule has 1 heterocycles. The van der Waals surface area contributed by atoms with Crippen LogP contribution >= 0.6 is 0 Å². The molecule has 31 heavy (non-hydrogen) atoms. The Morgan fingerprint density at radius 2 is 1.84 bits per heavy atom. The third kappa shape index (κ3) is 4.76. The minimum atomic E-state index is -0.904. The molecular weight excluding hydrogens is 392 g/mol. The molecule has 2 saturated carbocycles. The van der Waals surface area contributed by atoms with E-state index in [0.29, 0.717) is 0 Å². The Balaban J connectivity index is 1.43. The highest BCUT2D eigenvalue weighted by Gasteiger charge is 2.66. The second-order valence-electron chi connectivity index (χ2n) is 11.0. The average Bonchev–Trinajstić information content (AvgIpc) is 3.59. The van der Waals surface area contributed by atoms with Crippen LogP contribution in [0.5, 0.6) is 0 Å². The van der Waals surface area contributed by atoms with E-state index >= 15 is 0 Å². The molecule has 3 fully saturated rings. The molecule has 4 rings (SSSR count). The minimum Gasteiger partial charge on any atom is -0.445 e. The number of hydrogen-bond donors (Lipinski definition) is 1. The fraction of sp³-hybridized carbons (Fsp3) is 0.720. The number of amides is 1. The molecule has 1 aromatic carbocycles. The molecule has 0 aromatic heterocycles. The minimum absolute atomic E-state index is 0.0199. The van der Waals surface area contributed by atoms with Crippen molar-refractivity contribution in [3.63, 3.8) is 0 Å². The van der Waals surface area contributed by atoms with Crippen molar-refractivity contribution in [3.05, 3.63) is 35.9 Å². The molecule has 3 atom stereocenters. The predicted molar refractivity (Wildman–Crippen MR) is 119 cm³/mol. The fourth-order valence-electron chi connectivity index (χ4n) is 5.23. The summed E-state index contributed by atoms with van der Waals surface area (Å²) in [6.07, 6.45) is 4.19. The van der Waals surface area contributed by atoms with Gasteiger partial charge in [-0.3, -0.25) is 0 Å². The number of carbonyl (C=O) groups is 1. The average molecular weight is 431 g/mol. The number of benzene rings is 1. The zero-order chi connectivity index (χ0) is 22.4. The Bertz CT molecular complexity index is 786. The first-order chi connectivity index (χ1) is 14.6. The second-order valence-corrected chi connectivity index (χ2v) is 11.0. The van der Waals surface area contributed by atoms with Gasteiger partial charge in [0.05, 0.1) is 5.60 Å². The Hall–Kier alpha value is -1.63. The van der Waals surface area contributed by atoms with Crippen molar-refractivity contribution < 1.29 is 19.4 Å². The SMILES string of the molecule is CC(C)N(C(=O)OCc1ccccc1)C1C[C@]12CCC1(CC1)N(C(O)OC(C)(C)C)C2. The van der Waals surface area contributed by atoms with Crippen LogP contribution in [0.15, 0.2) is 30.3 Å². The molecule has 6 heteroatoms. The summed E-state index contributed by atoms with van der Waals surface area (Å²) in [7, 11) is 0. The Labute approximate surface area is 186 Å². The number of aliphatic hydroxyl groups is 1. The molecule has 1 N–H and O–H groups in total. The van der Waals surface area contributed by atoms with E-state index in [4.69, 9.17) is 9.47 Å². The quantitative estimate of drug-likeness (QED) is 0.673. The molecular formula is C25H38N2O4. The van der Waals surface area contributed by atoms with Gasteiger partial charge in [-0.2, -0.15) is 0 Å². The Morgan fingerprint density at radius 1 is 1.19 bits per heavy atom. The zero-order valence-corrected chi connectivity index (χ0v) is 19.6. The molecule has 1 saturated heterocycles. The number of hydrogen-bond acceptors (Lipinski definition) is 5. The zero-order valence-electron chi connectivity index (χ0n) is 19.6. The Morgan fingerprint density at radius 3 is 2.42 bits per heavy atom. The highest BCUT2D eigenvalue weighted by molar-refractivity contribution is 5.69. The molecule has 1 aromatic rings. The summed E-state index contributed by atoms with van der Waals surface area (Å²) in [5.74, 6) is 0. The maximum atomic E-state index is 13.0. The summed E-state index contributed by atoms with van der Waals surface area (Å²) in [6.45, 7) is 11.1. The van der Waals surface area contributed by atoms with Gasteiger partial charge in [0.15, 0.2) is 0 Å². The predicted octanol–water partition coefficient (Wildman–Crippen LogP) is 4.51. The summed E-state index contributed by atoms with van der Waals surface area (Å²) in [5, 5.41) is 10.9. The van der Waals surface area contributed by atoms with E-state index in [1.807, 2.05) is 56.0 Å². The number of carbonyl (C=O) groups excluding carboxylic acids is 1. The number of rotatable bonds is 6. The van der Waals surface area contributed by atoms with Crippen LogP contribution in [0.1, 0.15) is 72.3 Å². The lowest BCUT2D eigenvalue weighted by atomic mass is 9.87. The van der Waals surface area contributed by atoms with Crippen molar-refractivity contribution in [2.75, 3.05) is 6.54 Å². The van der Waals surface area contributed by atoms with Crippen LogP contribution in [-0.2, 0) is 16.1 Å². The third-order valence-electron chi connectivity index (χ3n) is 7.19. The second kappa shape index (κ2) is 8.05. The number of likely N-dealkylation sites (tertiary alicyclic amines) is 1. The standard InChI is InChI=1S/C25H38N2O4/c1-18(2)27(22(29)30-16-19-9-7-6-8-10-19)20-15-24(20)11-12-25(13-14-25)26(17-24)21(28)31-23(3,4)5/h6-10,18,20-21,28H,11-17H2,1-5H3/t20?,21?,24-/m0/s1. The van der Waals surface area contributed by atoms with Gasteiger partial charge in [0, 0.05) is 29.6 Å². The molecule has 0 radical (unpaired) electrons. The summed E-state index contributed by atoms with van der Waals surface area (Å²) < 4.78 is 11.6. The molecule has 3 aliphatic rings. The van der Waals surface area contributed by atoms with Gasteiger partial charge in [0.1, 0.15) is 6.61 Å². The van der Waals surface area contributed by atoms with Crippen molar-refractivity contribution in [2.24, 2.45) is 5.41 Å². The van der Waals surface area contributed by atoms with Crippen LogP contribution in [0.4, 0.5) is 4.79 Å². The van der Waals surface area contributed by atoms with Gasteiger partial charge >= 0.3 is 6.09 Å². The van der Waals surface area contributed by atoms with E-state index in [2.05, 4.69) is 18.7 Å². The molecule has 6 nitrogen and oxygen atoms in total. The topological polar surface area (TPSA) is 62.2 Å². The normalized spacial score (nSPS) is 28.0.